The first-order valence-corrected chi connectivity index (χ1v) is 6.92. The van der Waals surface area contributed by atoms with Gasteiger partial charge in [0.25, 0.3) is 0 Å². The molecule has 106 valence electrons. The highest BCUT2D eigenvalue weighted by atomic mass is 16.4. The predicted molar refractivity (Wildman–Crippen MR) is 68.3 cm³/mol. The number of carbonyl (C=O) groups excluding carboxylic acids is 2. The molecule has 5 nitrogen and oxygen atoms in total. The number of imide groups is 1. The summed E-state index contributed by atoms with van der Waals surface area (Å²) in [5, 5.41) is 9.23. The molecule has 1 spiro atoms. The first-order valence-electron chi connectivity index (χ1n) is 6.92. The Bertz CT molecular complexity index is 419. The topological polar surface area (TPSA) is 74.7 Å². The molecule has 1 aliphatic heterocycles. The monoisotopic (exact) mass is 267 g/mol. The molecule has 1 saturated heterocycles. The number of carboxylic acids is 1. The van der Waals surface area contributed by atoms with Crippen LogP contribution in [-0.2, 0) is 14.4 Å². The number of hydrogen-bond acceptors (Lipinski definition) is 3. The molecule has 19 heavy (non-hydrogen) atoms. The number of nitrogens with zero attached hydrogens (tertiary/aromatic N) is 1. The van der Waals surface area contributed by atoms with Crippen molar-refractivity contribution >= 4 is 17.8 Å². The number of amides is 2. The molecule has 5 heteroatoms. The molecule has 1 N–H and O–H groups in total. The van der Waals surface area contributed by atoms with Crippen LogP contribution in [0.25, 0.3) is 0 Å². The molecule has 2 amide bonds. The molecule has 1 saturated carbocycles. The standard InChI is InChI=1S/C14H21NO4/c1-13(2,12(18)19)15-10(16)9-14(11(15)17)7-5-3-4-6-8-14/h3-9H2,1-2H3,(H,18,19). The van der Waals surface area contributed by atoms with E-state index in [-0.39, 0.29) is 18.2 Å². The first kappa shape index (κ1) is 14.0. The summed E-state index contributed by atoms with van der Waals surface area (Å²) in [5.74, 6) is -1.74. The van der Waals surface area contributed by atoms with Gasteiger partial charge in [0.2, 0.25) is 11.8 Å². The van der Waals surface area contributed by atoms with E-state index >= 15 is 0 Å². The lowest BCUT2D eigenvalue weighted by Gasteiger charge is -2.32. The van der Waals surface area contributed by atoms with Gasteiger partial charge in [-0.25, -0.2) is 4.79 Å². The van der Waals surface area contributed by atoms with Crippen LogP contribution in [0.5, 0.6) is 0 Å². The Morgan fingerprint density at radius 3 is 2.16 bits per heavy atom. The molecule has 0 unspecified atom stereocenters. The molecule has 0 bridgehead atoms. The minimum atomic E-state index is -1.45. The van der Waals surface area contributed by atoms with Crippen molar-refractivity contribution in [3.63, 3.8) is 0 Å². The van der Waals surface area contributed by atoms with Crippen LogP contribution >= 0.6 is 0 Å². The van der Waals surface area contributed by atoms with Gasteiger partial charge in [-0.1, -0.05) is 25.7 Å². The Kier molecular flexibility index (Phi) is 3.41. The van der Waals surface area contributed by atoms with Crippen molar-refractivity contribution in [1.29, 1.82) is 0 Å². The fourth-order valence-corrected chi connectivity index (χ4v) is 3.25. The molecule has 0 aromatic heterocycles. The minimum absolute atomic E-state index is 0.183. The number of carbonyl (C=O) groups is 3. The molecular formula is C14H21NO4. The summed E-state index contributed by atoms with van der Waals surface area (Å²) >= 11 is 0. The maximum atomic E-state index is 12.6. The molecule has 2 fully saturated rings. The maximum absolute atomic E-state index is 12.6. The van der Waals surface area contributed by atoms with E-state index in [2.05, 4.69) is 0 Å². The van der Waals surface area contributed by atoms with Crippen LogP contribution in [0.15, 0.2) is 0 Å². The van der Waals surface area contributed by atoms with Gasteiger partial charge in [0.15, 0.2) is 0 Å². The summed E-state index contributed by atoms with van der Waals surface area (Å²) in [4.78, 5) is 37.1. The second kappa shape index (κ2) is 4.62. The number of likely N-dealkylation sites (tertiary alicyclic amines) is 1. The Balaban J connectivity index is 2.32. The van der Waals surface area contributed by atoms with Crippen molar-refractivity contribution in [2.24, 2.45) is 5.41 Å². The smallest absolute Gasteiger partial charge is 0.329 e. The fraction of sp³-hybridized carbons (Fsp3) is 0.786. The third-order valence-electron chi connectivity index (χ3n) is 4.54. The quantitative estimate of drug-likeness (QED) is 0.776. The summed E-state index contributed by atoms with van der Waals surface area (Å²) in [6, 6.07) is 0. The molecule has 1 aliphatic carbocycles. The number of aliphatic carboxylic acids is 1. The zero-order chi connectivity index (χ0) is 14.3. The van der Waals surface area contributed by atoms with Crippen molar-refractivity contribution in [1.82, 2.24) is 4.90 Å². The average molecular weight is 267 g/mol. The molecule has 2 aliphatic rings. The van der Waals surface area contributed by atoms with Gasteiger partial charge in [0.05, 0.1) is 5.41 Å². The van der Waals surface area contributed by atoms with E-state index in [0.29, 0.717) is 12.8 Å². The third-order valence-corrected chi connectivity index (χ3v) is 4.54. The molecule has 1 heterocycles. The molecule has 0 radical (unpaired) electrons. The van der Waals surface area contributed by atoms with E-state index in [0.717, 1.165) is 30.6 Å². The van der Waals surface area contributed by atoms with E-state index in [1.54, 1.807) is 0 Å². The van der Waals surface area contributed by atoms with Crippen LogP contribution in [-0.4, -0.2) is 33.3 Å². The van der Waals surface area contributed by atoms with Crippen molar-refractivity contribution in [2.75, 3.05) is 0 Å². The summed E-state index contributed by atoms with van der Waals surface area (Å²) < 4.78 is 0. The van der Waals surface area contributed by atoms with Crippen LogP contribution in [0.3, 0.4) is 0 Å². The van der Waals surface area contributed by atoms with Crippen molar-refractivity contribution in [2.45, 2.75) is 64.3 Å². The third kappa shape index (κ3) is 2.15. The first-order chi connectivity index (χ1) is 8.81. The van der Waals surface area contributed by atoms with E-state index in [1.165, 1.54) is 13.8 Å². The number of hydrogen-bond donors (Lipinski definition) is 1. The van der Waals surface area contributed by atoms with Gasteiger partial charge < -0.3 is 5.11 Å². The maximum Gasteiger partial charge on any atom is 0.329 e. The van der Waals surface area contributed by atoms with Crippen LogP contribution in [0.1, 0.15) is 58.8 Å². The lowest BCUT2D eigenvalue weighted by molar-refractivity contribution is -0.162. The predicted octanol–water partition coefficient (Wildman–Crippen LogP) is 1.95. The van der Waals surface area contributed by atoms with Crippen LogP contribution in [0.4, 0.5) is 0 Å². The second-order valence-corrected chi connectivity index (χ2v) is 6.27. The van der Waals surface area contributed by atoms with Gasteiger partial charge in [0, 0.05) is 6.42 Å². The molecule has 0 aromatic rings. The number of carboxylic acid groups (broad SMARTS) is 1. The van der Waals surface area contributed by atoms with Crippen LogP contribution in [0, 0.1) is 5.41 Å². The normalized spacial score (nSPS) is 23.8. The molecule has 2 rings (SSSR count). The lowest BCUT2D eigenvalue weighted by atomic mass is 9.79. The van der Waals surface area contributed by atoms with Crippen molar-refractivity contribution in [3.8, 4) is 0 Å². The number of rotatable bonds is 2. The van der Waals surface area contributed by atoms with Crippen LogP contribution in [0.2, 0.25) is 0 Å². The Hall–Kier alpha value is -1.39. The van der Waals surface area contributed by atoms with Crippen LogP contribution < -0.4 is 0 Å². The molecule has 0 atom stereocenters. The summed E-state index contributed by atoms with van der Waals surface area (Å²) in [7, 11) is 0. The highest BCUT2D eigenvalue weighted by Crippen LogP contribution is 2.46. The fourth-order valence-electron chi connectivity index (χ4n) is 3.25. The highest BCUT2D eigenvalue weighted by molar-refractivity contribution is 6.09. The Morgan fingerprint density at radius 2 is 1.68 bits per heavy atom. The summed E-state index contributed by atoms with van der Waals surface area (Å²) in [6.45, 7) is 2.84. The second-order valence-electron chi connectivity index (χ2n) is 6.27. The zero-order valence-corrected chi connectivity index (χ0v) is 11.6. The molecule has 0 aromatic carbocycles. The summed E-state index contributed by atoms with van der Waals surface area (Å²) in [5.41, 5.74) is -2.08. The minimum Gasteiger partial charge on any atom is -0.480 e. The lowest BCUT2D eigenvalue weighted by Crippen LogP contribution is -2.54. The van der Waals surface area contributed by atoms with E-state index in [4.69, 9.17) is 0 Å². The Morgan fingerprint density at radius 1 is 1.16 bits per heavy atom. The summed E-state index contributed by atoms with van der Waals surface area (Å²) in [6.07, 6.45) is 5.67. The van der Waals surface area contributed by atoms with Gasteiger partial charge in [-0.15, -0.1) is 0 Å². The van der Waals surface area contributed by atoms with E-state index in [1.807, 2.05) is 0 Å². The average Bonchev–Trinajstić information content (AvgIpc) is 2.50. The molecular weight excluding hydrogens is 246 g/mol. The van der Waals surface area contributed by atoms with Crippen molar-refractivity contribution in [3.05, 3.63) is 0 Å². The van der Waals surface area contributed by atoms with Gasteiger partial charge >= 0.3 is 5.97 Å². The zero-order valence-electron chi connectivity index (χ0n) is 11.6. The van der Waals surface area contributed by atoms with Gasteiger partial charge in [-0.2, -0.15) is 0 Å². The van der Waals surface area contributed by atoms with Gasteiger partial charge in [-0.3, -0.25) is 14.5 Å². The van der Waals surface area contributed by atoms with E-state index < -0.39 is 16.9 Å². The van der Waals surface area contributed by atoms with E-state index in [9.17, 15) is 19.5 Å². The Labute approximate surface area is 113 Å². The van der Waals surface area contributed by atoms with Gasteiger partial charge in [0.1, 0.15) is 5.54 Å². The van der Waals surface area contributed by atoms with Crippen molar-refractivity contribution < 1.29 is 19.5 Å². The highest BCUT2D eigenvalue weighted by Gasteiger charge is 2.56. The largest absolute Gasteiger partial charge is 0.480 e. The van der Waals surface area contributed by atoms with Gasteiger partial charge in [-0.05, 0) is 26.7 Å². The SMILES string of the molecule is CC(C)(C(=O)O)N1C(=O)CC2(CCCCCC2)C1=O.